The second-order valence-electron chi connectivity index (χ2n) is 6.52. The smallest absolute Gasteiger partial charge is 0.326 e. The molecule has 0 aliphatic rings. The zero-order chi connectivity index (χ0) is 20.0. The van der Waals surface area contributed by atoms with Crippen LogP contribution in [0.2, 0.25) is 0 Å². The zero-order valence-corrected chi connectivity index (χ0v) is 15.3. The highest BCUT2D eigenvalue weighted by Crippen LogP contribution is 2.29. The lowest BCUT2D eigenvalue weighted by Crippen LogP contribution is -2.28. The molecule has 3 aromatic heterocycles. The fraction of sp³-hybridized carbons (Fsp3) is 0.200. The Bertz CT molecular complexity index is 1270. The Morgan fingerprint density at radius 2 is 1.96 bits per heavy atom. The van der Waals surface area contributed by atoms with Crippen LogP contribution in [0.3, 0.4) is 0 Å². The van der Waals surface area contributed by atoms with Gasteiger partial charge in [-0.1, -0.05) is 19.1 Å². The molecule has 1 atom stereocenters. The molecule has 3 heterocycles. The molecule has 0 spiro atoms. The average molecular weight is 380 g/mol. The number of benzene rings is 1. The first-order valence-electron chi connectivity index (χ1n) is 8.82. The summed E-state index contributed by atoms with van der Waals surface area (Å²) in [7, 11) is 0. The Morgan fingerprint density at radius 1 is 1.25 bits per heavy atom. The molecule has 1 N–H and O–H groups in total. The molecule has 0 saturated carbocycles. The third-order valence-electron chi connectivity index (χ3n) is 4.85. The van der Waals surface area contributed by atoms with Gasteiger partial charge >= 0.3 is 5.97 Å². The van der Waals surface area contributed by atoms with Gasteiger partial charge < -0.3 is 9.67 Å². The van der Waals surface area contributed by atoms with Gasteiger partial charge in [0.25, 0.3) is 5.56 Å². The first-order chi connectivity index (χ1) is 13.4. The molecule has 7 nitrogen and oxygen atoms in total. The molecule has 0 saturated heterocycles. The minimum atomic E-state index is -1.10. The van der Waals surface area contributed by atoms with Gasteiger partial charge in [-0.05, 0) is 37.1 Å². The summed E-state index contributed by atoms with van der Waals surface area (Å²) in [4.78, 5) is 28.4. The van der Waals surface area contributed by atoms with Crippen molar-refractivity contribution in [3.63, 3.8) is 0 Å². The molecule has 0 bridgehead atoms. The van der Waals surface area contributed by atoms with E-state index in [2.05, 4.69) is 10.1 Å². The highest BCUT2D eigenvalue weighted by atomic mass is 19.1. The summed E-state index contributed by atoms with van der Waals surface area (Å²) in [5.74, 6) is -1.42. The number of hydrogen-bond acceptors (Lipinski definition) is 4. The van der Waals surface area contributed by atoms with Crippen LogP contribution in [-0.2, 0) is 11.2 Å². The predicted octanol–water partition coefficient (Wildman–Crippen LogP) is 3.06. The third-order valence-corrected chi connectivity index (χ3v) is 4.85. The van der Waals surface area contributed by atoms with Crippen LogP contribution in [0.1, 0.15) is 25.6 Å². The molecule has 0 radical (unpaired) electrons. The molecule has 0 aliphatic heterocycles. The van der Waals surface area contributed by atoms with E-state index in [1.165, 1.54) is 31.5 Å². The van der Waals surface area contributed by atoms with Crippen LogP contribution in [-0.4, -0.2) is 30.2 Å². The first kappa shape index (κ1) is 17.8. The number of carboxylic acids is 1. The van der Waals surface area contributed by atoms with Crippen molar-refractivity contribution in [2.75, 3.05) is 0 Å². The van der Waals surface area contributed by atoms with Gasteiger partial charge in [0.05, 0.1) is 16.6 Å². The van der Waals surface area contributed by atoms with E-state index in [0.717, 1.165) is 21.4 Å². The lowest BCUT2D eigenvalue weighted by Gasteiger charge is -2.11. The van der Waals surface area contributed by atoms with E-state index in [9.17, 15) is 19.1 Å². The fourth-order valence-electron chi connectivity index (χ4n) is 3.31. The predicted molar refractivity (Wildman–Crippen MR) is 102 cm³/mol. The molecule has 4 rings (SSSR count). The van der Waals surface area contributed by atoms with E-state index in [1.807, 2.05) is 6.92 Å². The van der Waals surface area contributed by atoms with E-state index < -0.39 is 17.6 Å². The Kier molecular flexibility index (Phi) is 4.18. The quantitative estimate of drug-likeness (QED) is 0.588. The van der Waals surface area contributed by atoms with Gasteiger partial charge in [0.1, 0.15) is 11.9 Å². The third kappa shape index (κ3) is 2.65. The van der Waals surface area contributed by atoms with Gasteiger partial charge in [0.15, 0.2) is 5.65 Å². The van der Waals surface area contributed by atoms with Crippen LogP contribution in [0.5, 0.6) is 0 Å². The number of pyridine rings is 1. The summed E-state index contributed by atoms with van der Waals surface area (Å²) in [6, 6.07) is 6.77. The first-order valence-corrected chi connectivity index (χ1v) is 8.82. The van der Waals surface area contributed by atoms with Gasteiger partial charge in [-0.3, -0.25) is 4.79 Å². The van der Waals surface area contributed by atoms with E-state index in [4.69, 9.17) is 0 Å². The SMILES string of the molecule is CCc1nn2c(ncc3c(=O)n([C@H](C)C(=O)O)ccc32)c1-c1ccc(F)cc1. The van der Waals surface area contributed by atoms with Crippen LogP contribution in [0.4, 0.5) is 4.39 Å². The molecular formula is C20H17FN4O3. The van der Waals surface area contributed by atoms with Gasteiger partial charge in [0, 0.05) is 18.0 Å². The number of rotatable bonds is 4. The molecule has 1 aromatic carbocycles. The van der Waals surface area contributed by atoms with Gasteiger partial charge in [-0.25, -0.2) is 18.7 Å². The van der Waals surface area contributed by atoms with Gasteiger partial charge in [-0.15, -0.1) is 0 Å². The maximum atomic E-state index is 13.3. The lowest BCUT2D eigenvalue weighted by molar-refractivity contribution is -0.140. The molecule has 0 fully saturated rings. The van der Waals surface area contributed by atoms with Crippen molar-refractivity contribution in [3.8, 4) is 11.1 Å². The monoisotopic (exact) mass is 380 g/mol. The van der Waals surface area contributed by atoms with E-state index in [-0.39, 0.29) is 11.2 Å². The molecule has 0 unspecified atom stereocenters. The molecule has 8 heteroatoms. The zero-order valence-electron chi connectivity index (χ0n) is 15.3. The molecule has 142 valence electrons. The number of hydrogen-bond donors (Lipinski definition) is 1. The van der Waals surface area contributed by atoms with Crippen molar-refractivity contribution >= 4 is 22.5 Å². The van der Waals surface area contributed by atoms with Crippen molar-refractivity contribution in [3.05, 3.63) is 64.6 Å². The summed E-state index contributed by atoms with van der Waals surface area (Å²) in [6.07, 6.45) is 3.52. The number of aryl methyl sites for hydroxylation is 1. The van der Waals surface area contributed by atoms with Crippen molar-refractivity contribution in [1.29, 1.82) is 0 Å². The fourth-order valence-corrected chi connectivity index (χ4v) is 3.31. The molecule has 0 amide bonds. The number of carbonyl (C=O) groups is 1. The topological polar surface area (TPSA) is 89.5 Å². The number of aromatic nitrogens is 4. The van der Waals surface area contributed by atoms with Gasteiger partial charge in [-0.2, -0.15) is 5.10 Å². The number of carboxylic acid groups (broad SMARTS) is 1. The maximum absolute atomic E-state index is 13.3. The number of halogens is 1. The number of aliphatic carboxylic acids is 1. The van der Waals surface area contributed by atoms with Crippen LogP contribution in [0.25, 0.3) is 27.7 Å². The molecule has 0 aliphatic carbocycles. The highest BCUT2D eigenvalue weighted by molar-refractivity contribution is 5.86. The van der Waals surface area contributed by atoms with Crippen molar-refractivity contribution < 1.29 is 14.3 Å². The summed E-state index contributed by atoms with van der Waals surface area (Å²) in [6.45, 7) is 3.40. The van der Waals surface area contributed by atoms with Crippen LogP contribution < -0.4 is 5.56 Å². The second-order valence-corrected chi connectivity index (χ2v) is 6.52. The molecule has 28 heavy (non-hydrogen) atoms. The van der Waals surface area contributed by atoms with Crippen LogP contribution in [0, 0.1) is 5.82 Å². The number of nitrogens with zero attached hydrogens (tertiary/aromatic N) is 4. The number of fused-ring (bicyclic) bond motifs is 3. The Morgan fingerprint density at radius 3 is 2.61 bits per heavy atom. The Balaban J connectivity index is 2.01. The van der Waals surface area contributed by atoms with Gasteiger partial charge in [0.2, 0.25) is 0 Å². The van der Waals surface area contributed by atoms with E-state index >= 15 is 0 Å². The van der Waals surface area contributed by atoms with Crippen LogP contribution in [0.15, 0.2) is 47.5 Å². The minimum absolute atomic E-state index is 0.277. The van der Waals surface area contributed by atoms with Crippen molar-refractivity contribution in [2.24, 2.45) is 0 Å². The summed E-state index contributed by atoms with van der Waals surface area (Å²) >= 11 is 0. The van der Waals surface area contributed by atoms with Crippen LogP contribution >= 0.6 is 0 Å². The standard InChI is InChI=1S/C20H17FN4O3/c1-3-15-17(12-4-6-13(21)7-5-12)18-22-10-14-16(25(18)23-15)8-9-24(19(14)26)11(2)20(27)28/h4-11H,3H2,1-2H3,(H,27,28)/t11-/m1/s1. The lowest BCUT2D eigenvalue weighted by atomic mass is 10.0. The summed E-state index contributed by atoms with van der Waals surface area (Å²) < 4.78 is 16.1. The van der Waals surface area contributed by atoms with E-state index in [0.29, 0.717) is 17.6 Å². The van der Waals surface area contributed by atoms with E-state index in [1.54, 1.807) is 22.7 Å². The average Bonchev–Trinajstić information content (AvgIpc) is 3.07. The van der Waals surface area contributed by atoms with Crippen molar-refractivity contribution in [1.82, 2.24) is 19.2 Å². The summed E-state index contributed by atoms with van der Waals surface area (Å²) in [5.41, 5.74) is 2.99. The molecular weight excluding hydrogens is 363 g/mol. The maximum Gasteiger partial charge on any atom is 0.326 e. The van der Waals surface area contributed by atoms with Crippen molar-refractivity contribution in [2.45, 2.75) is 26.3 Å². The Hall–Kier alpha value is -3.55. The normalized spacial score (nSPS) is 12.5. The largest absolute Gasteiger partial charge is 0.480 e. The second kappa shape index (κ2) is 6.56. The Labute approximate surface area is 158 Å². The molecule has 4 aromatic rings. The summed E-state index contributed by atoms with van der Waals surface area (Å²) in [5, 5.41) is 14.1. The minimum Gasteiger partial charge on any atom is -0.480 e. The highest BCUT2D eigenvalue weighted by Gasteiger charge is 2.20.